The first-order valence-electron chi connectivity index (χ1n) is 5.08. The Bertz CT molecular complexity index is 371. The van der Waals surface area contributed by atoms with Crippen molar-refractivity contribution in [2.75, 3.05) is 11.9 Å². The van der Waals surface area contributed by atoms with Gasteiger partial charge in [0.2, 0.25) is 5.91 Å². The summed E-state index contributed by atoms with van der Waals surface area (Å²) < 4.78 is 0.815. The molecular weight excluding hydrogens is 291 g/mol. The van der Waals surface area contributed by atoms with Crippen molar-refractivity contribution in [1.82, 2.24) is 0 Å². The highest BCUT2D eigenvalue weighted by Gasteiger charge is 2.03. The van der Waals surface area contributed by atoms with Crippen molar-refractivity contribution in [3.05, 3.63) is 27.7 Å². The number of anilines is 1. The van der Waals surface area contributed by atoms with Crippen LogP contribution in [0, 0.1) is 0 Å². The molecular formula is C11H14BrClN2O. The van der Waals surface area contributed by atoms with E-state index in [1.165, 1.54) is 0 Å². The summed E-state index contributed by atoms with van der Waals surface area (Å²) in [6.07, 6.45) is 2.17. The molecule has 3 nitrogen and oxygen atoms in total. The summed E-state index contributed by atoms with van der Waals surface area (Å²) in [5, 5.41) is 3.37. The standard InChI is InChI=1S/C11H14BrClN2O/c12-9-5-4-8(7-10(9)13)15-11(16)3-1-2-6-14/h4-5,7H,1-3,6,14H2,(H,15,16). The van der Waals surface area contributed by atoms with E-state index in [1.54, 1.807) is 18.2 Å². The maximum absolute atomic E-state index is 11.5. The first-order chi connectivity index (χ1) is 7.63. The van der Waals surface area contributed by atoms with Crippen molar-refractivity contribution in [3.63, 3.8) is 0 Å². The Morgan fingerprint density at radius 2 is 2.19 bits per heavy atom. The zero-order valence-electron chi connectivity index (χ0n) is 8.80. The number of benzene rings is 1. The molecule has 0 aliphatic rings. The van der Waals surface area contributed by atoms with Crippen molar-refractivity contribution >= 4 is 39.1 Å². The fourth-order valence-electron chi connectivity index (χ4n) is 1.23. The molecule has 0 unspecified atom stereocenters. The molecule has 3 N–H and O–H groups in total. The van der Waals surface area contributed by atoms with E-state index in [0.717, 1.165) is 17.3 Å². The molecule has 0 fully saturated rings. The Morgan fingerprint density at radius 3 is 2.81 bits per heavy atom. The molecule has 0 spiro atoms. The summed E-state index contributed by atoms with van der Waals surface area (Å²) >= 11 is 9.20. The van der Waals surface area contributed by atoms with Crippen LogP contribution in [0.2, 0.25) is 5.02 Å². The molecule has 0 radical (unpaired) electrons. The third kappa shape index (κ3) is 4.51. The van der Waals surface area contributed by atoms with Crippen LogP contribution in [0.15, 0.2) is 22.7 Å². The van der Waals surface area contributed by atoms with Crippen LogP contribution in [0.25, 0.3) is 0 Å². The summed E-state index contributed by atoms with van der Waals surface area (Å²) in [7, 11) is 0. The van der Waals surface area contributed by atoms with Gasteiger partial charge < -0.3 is 11.1 Å². The van der Waals surface area contributed by atoms with Gasteiger partial charge in [-0.1, -0.05) is 11.6 Å². The predicted molar refractivity (Wildman–Crippen MR) is 70.7 cm³/mol. The lowest BCUT2D eigenvalue weighted by Crippen LogP contribution is -2.11. The molecule has 16 heavy (non-hydrogen) atoms. The van der Waals surface area contributed by atoms with E-state index >= 15 is 0 Å². The molecule has 0 aliphatic heterocycles. The van der Waals surface area contributed by atoms with Crippen LogP contribution in [-0.2, 0) is 4.79 Å². The highest BCUT2D eigenvalue weighted by atomic mass is 79.9. The van der Waals surface area contributed by atoms with Crippen molar-refractivity contribution in [2.45, 2.75) is 19.3 Å². The van der Waals surface area contributed by atoms with Crippen LogP contribution in [0.1, 0.15) is 19.3 Å². The SMILES string of the molecule is NCCCCC(=O)Nc1ccc(Br)c(Cl)c1. The second-order valence-corrected chi connectivity index (χ2v) is 4.68. The van der Waals surface area contributed by atoms with E-state index < -0.39 is 0 Å². The van der Waals surface area contributed by atoms with Gasteiger partial charge in [0.25, 0.3) is 0 Å². The first kappa shape index (κ1) is 13.5. The molecule has 1 aromatic rings. The lowest BCUT2D eigenvalue weighted by molar-refractivity contribution is -0.116. The summed E-state index contributed by atoms with van der Waals surface area (Å²) in [5.74, 6) is -0.00756. The van der Waals surface area contributed by atoms with Gasteiger partial charge in [-0.25, -0.2) is 0 Å². The largest absolute Gasteiger partial charge is 0.330 e. The fourth-order valence-corrected chi connectivity index (χ4v) is 1.65. The molecule has 0 aliphatic carbocycles. The van der Waals surface area contributed by atoms with E-state index in [1.807, 2.05) is 0 Å². The first-order valence-corrected chi connectivity index (χ1v) is 6.25. The second-order valence-electron chi connectivity index (χ2n) is 3.42. The molecule has 5 heteroatoms. The highest BCUT2D eigenvalue weighted by molar-refractivity contribution is 9.10. The highest BCUT2D eigenvalue weighted by Crippen LogP contribution is 2.25. The predicted octanol–water partition coefficient (Wildman–Crippen LogP) is 3.17. The molecule has 0 heterocycles. The lowest BCUT2D eigenvalue weighted by Gasteiger charge is -2.06. The van der Waals surface area contributed by atoms with Gasteiger partial charge in [0.05, 0.1) is 5.02 Å². The van der Waals surface area contributed by atoms with E-state index in [4.69, 9.17) is 17.3 Å². The monoisotopic (exact) mass is 304 g/mol. The second kappa shape index (κ2) is 6.89. The third-order valence-corrected chi connectivity index (χ3v) is 3.29. The Hall–Kier alpha value is -0.580. The number of carbonyl (C=O) groups is 1. The average molecular weight is 306 g/mol. The van der Waals surface area contributed by atoms with Crippen LogP contribution in [0.4, 0.5) is 5.69 Å². The van der Waals surface area contributed by atoms with Crippen LogP contribution >= 0.6 is 27.5 Å². The Balaban J connectivity index is 2.46. The number of carbonyl (C=O) groups excluding carboxylic acids is 1. The van der Waals surface area contributed by atoms with E-state index in [9.17, 15) is 4.79 Å². The number of hydrogen-bond donors (Lipinski definition) is 2. The number of nitrogens with two attached hydrogens (primary N) is 1. The number of halogens is 2. The number of rotatable bonds is 5. The molecule has 1 amide bonds. The van der Waals surface area contributed by atoms with Crippen LogP contribution in [0.3, 0.4) is 0 Å². The Labute approximate surface area is 108 Å². The smallest absolute Gasteiger partial charge is 0.224 e. The zero-order valence-corrected chi connectivity index (χ0v) is 11.1. The minimum absolute atomic E-state index is 0.00756. The minimum atomic E-state index is -0.00756. The topological polar surface area (TPSA) is 55.1 Å². The van der Waals surface area contributed by atoms with Crippen LogP contribution in [-0.4, -0.2) is 12.5 Å². The summed E-state index contributed by atoms with van der Waals surface area (Å²) in [6.45, 7) is 0.622. The third-order valence-electron chi connectivity index (χ3n) is 2.06. The van der Waals surface area contributed by atoms with E-state index in [-0.39, 0.29) is 5.91 Å². The molecule has 1 aromatic carbocycles. The van der Waals surface area contributed by atoms with E-state index in [0.29, 0.717) is 23.7 Å². The van der Waals surface area contributed by atoms with Crippen molar-refractivity contribution in [3.8, 4) is 0 Å². The minimum Gasteiger partial charge on any atom is -0.330 e. The van der Waals surface area contributed by atoms with Gasteiger partial charge >= 0.3 is 0 Å². The summed E-state index contributed by atoms with van der Waals surface area (Å²) in [6, 6.07) is 5.32. The molecule has 0 aromatic heterocycles. The van der Waals surface area contributed by atoms with Gasteiger partial charge in [0, 0.05) is 16.6 Å². The average Bonchev–Trinajstić information content (AvgIpc) is 2.24. The number of amides is 1. The maximum Gasteiger partial charge on any atom is 0.224 e. The number of hydrogen-bond acceptors (Lipinski definition) is 2. The van der Waals surface area contributed by atoms with Gasteiger partial charge in [-0.2, -0.15) is 0 Å². The quantitative estimate of drug-likeness (QED) is 0.821. The van der Waals surface area contributed by atoms with Crippen molar-refractivity contribution in [2.24, 2.45) is 5.73 Å². The molecule has 0 bridgehead atoms. The molecule has 0 saturated heterocycles. The Kier molecular flexibility index (Phi) is 5.80. The van der Waals surface area contributed by atoms with Gasteiger partial charge in [-0.3, -0.25) is 4.79 Å². The fraction of sp³-hybridized carbons (Fsp3) is 0.364. The van der Waals surface area contributed by atoms with Gasteiger partial charge in [-0.05, 0) is 53.5 Å². The van der Waals surface area contributed by atoms with Gasteiger partial charge in [0.15, 0.2) is 0 Å². The van der Waals surface area contributed by atoms with E-state index in [2.05, 4.69) is 21.2 Å². The van der Waals surface area contributed by atoms with Gasteiger partial charge in [-0.15, -0.1) is 0 Å². The maximum atomic E-state index is 11.5. The molecule has 88 valence electrons. The number of nitrogens with one attached hydrogen (secondary N) is 1. The lowest BCUT2D eigenvalue weighted by atomic mass is 10.2. The molecule has 0 atom stereocenters. The van der Waals surface area contributed by atoms with Crippen LogP contribution in [0.5, 0.6) is 0 Å². The normalized spacial score (nSPS) is 10.2. The summed E-state index contributed by atoms with van der Waals surface area (Å²) in [4.78, 5) is 11.5. The van der Waals surface area contributed by atoms with Crippen LogP contribution < -0.4 is 11.1 Å². The molecule has 1 rings (SSSR count). The van der Waals surface area contributed by atoms with Crippen molar-refractivity contribution < 1.29 is 4.79 Å². The molecule has 0 saturated carbocycles. The summed E-state index contributed by atoms with van der Waals surface area (Å²) in [5.41, 5.74) is 6.06. The zero-order chi connectivity index (χ0) is 12.0. The Morgan fingerprint density at radius 1 is 1.44 bits per heavy atom. The number of unbranched alkanes of at least 4 members (excludes halogenated alkanes) is 1. The van der Waals surface area contributed by atoms with Crippen molar-refractivity contribution in [1.29, 1.82) is 0 Å². The van der Waals surface area contributed by atoms with Gasteiger partial charge in [0.1, 0.15) is 0 Å².